The quantitative estimate of drug-likeness (QED) is 0.893. The zero-order chi connectivity index (χ0) is 14.0. The summed E-state index contributed by atoms with van der Waals surface area (Å²) in [6.45, 7) is 0.304. The molecule has 2 rings (SSSR count). The third-order valence-corrected chi connectivity index (χ3v) is 4.37. The lowest BCUT2D eigenvalue weighted by Crippen LogP contribution is -2.36. The van der Waals surface area contributed by atoms with Crippen molar-refractivity contribution in [3.05, 3.63) is 35.2 Å². The number of rotatable bonds is 5. The summed E-state index contributed by atoms with van der Waals surface area (Å²) in [4.78, 5) is 4.37. The SMILES string of the molecule is CN(C)S(=O)(=O)NCCc1cn2cc(Cl)ccc2n1. The highest BCUT2D eigenvalue weighted by Gasteiger charge is 2.12. The fraction of sp³-hybridized carbons (Fsp3) is 0.364. The highest BCUT2D eigenvalue weighted by atomic mass is 35.5. The first-order chi connectivity index (χ1) is 8.88. The van der Waals surface area contributed by atoms with Crippen molar-refractivity contribution in [1.82, 2.24) is 18.4 Å². The number of nitrogens with zero attached hydrogens (tertiary/aromatic N) is 3. The molecule has 6 nitrogen and oxygen atoms in total. The fourth-order valence-corrected chi connectivity index (χ4v) is 2.36. The van der Waals surface area contributed by atoms with Crippen molar-refractivity contribution in [2.24, 2.45) is 0 Å². The summed E-state index contributed by atoms with van der Waals surface area (Å²) >= 11 is 5.88. The van der Waals surface area contributed by atoms with E-state index in [4.69, 9.17) is 11.6 Å². The number of pyridine rings is 1. The maximum Gasteiger partial charge on any atom is 0.278 e. The van der Waals surface area contributed by atoms with Crippen molar-refractivity contribution in [1.29, 1.82) is 0 Å². The maximum absolute atomic E-state index is 11.5. The molecular weight excluding hydrogens is 288 g/mol. The first kappa shape index (κ1) is 14.3. The molecule has 0 atom stereocenters. The second kappa shape index (κ2) is 5.46. The van der Waals surface area contributed by atoms with Crippen LogP contribution in [0.25, 0.3) is 5.65 Å². The summed E-state index contributed by atoms with van der Waals surface area (Å²) in [6.07, 6.45) is 4.12. The summed E-state index contributed by atoms with van der Waals surface area (Å²) in [5.41, 5.74) is 1.60. The molecule has 8 heteroatoms. The Labute approximate surface area is 117 Å². The van der Waals surface area contributed by atoms with E-state index in [0.717, 1.165) is 15.6 Å². The Morgan fingerprint density at radius 2 is 2.11 bits per heavy atom. The molecule has 0 aliphatic carbocycles. The van der Waals surface area contributed by atoms with Crippen LogP contribution in [0.1, 0.15) is 5.69 Å². The van der Waals surface area contributed by atoms with E-state index in [1.807, 2.05) is 16.7 Å². The molecule has 0 saturated carbocycles. The van der Waals surface area contributed by atoms with Crippen LogP contribution in [0.5, 0.6) is 0 Å². The highest BCUT2D eigenvalue weighted by Crippen LogP contribution is 2.11. The number of nitrogens with one attached hydrogen (secondary N) is 1. The summed E-state index contributed by atoms with van der Waals surface area (Å²) < 4.78 is 28.5. The summed E-state index contributed by atoms with van der Waals surface area (Å²) in [5, 5.41) is 0.629. The van der Waals surface area contributed by atoms with Crippen LogP contribution in [0.2, 0.25) is 5.02 Å². The minimum absolute atomic E-state index is 0.304. The third-order valence-electron chi connectivity index (χ3n) is 2.61. The lowest BCUT2D eigenvalue weighted by Gasteiger charge is -2.11. The smallest absolute Gasteiger partial charge is 0.278 e. The molecular formula is C11H15ClN4O2S. The second-order valence-corrected chi connectivity index (χ2v) is 6.68. The summed E-state index contributed by atoms with van der Waals surface area (Å²) in [6, 6.07) is 3.58. The van der Waals surface area contributed by atoms with Gasteiger partial charge in [0.15, 0.2) is 0 Å². The molecule has 2 aromatic heterocycles. The van der Waals surface area contributed by atoms with Crippen LogP contribution in [0.4, 0.5) is 0 Å². The number of aromatic nitrogens is 2. The van der Waals surface area contributed by atoms with Crippen LogP contribution >= 0.6 is 11.6 Å². The van der Waals surface area contributed by atoms with Gasteiger partial charge in [-0.2, -0.15) is 12.7 Å². The van der Waals surface area contributed by atoms with Crippen LogP contribution in [0.15, 0.2) is 24.5 Å². The van der Waals surface area contributed by atoms with Crippen LogP contribution in [0, 0.1) is 0 Å². The van der Waals surface area contributed by atoms with Crippen LogP contribution in [0.3, 0.4) is 0 Å². The molecule has 0 aliphatic rings. The normalized spacial score (nSPS) is 12.4. The molecule has 0 bridgehead atoms. The maximum atomic E-state index is 11.5. The molecule has 104 valence electrons. The molecule has 19 heavy (non-hydrogen) atoms. The molecule has 0 radical (unpaired) electrons. The predicted octanol–water partition coefficient (Wildman–Crippen LogP) is 0.926. The van der Waals surface area contributed by atoms with Crippen molar-refractivity contribution < 1.29 is 8.42 Å². The number of halogens is 1. The van der Waals surface area contributed by atoms with Gasteiger partial charge >= 0.3 is 0 Å². The second-order valence-electron chi connectivity index (χ2n) is 4.28. The van der Waals surface area contributed by atoms with E-state index in [0.29, 0.717) is 18.0 Å². The summed E-state index contributed by atoms with van der Waals surface area (Å²) in [7, 11) is -0.415. The Hall–Kier alpha value is -1.15. The highest BCUT2D eigenvalue weighted by molar-refractivity contribution is 7.87. The first-order valence-electron chi connectivity index (χ1n) is 5.69. The first-order valence-corrected chi connectivity index (χ1v) is 7.50. The predicted molar refractivity (Wildman–Crippen MR) is 74.5 cm³/mol. The van der Waals surface area contributed by atoms with Crippen LogP contribution in [-0.2, 0) is 16.6 Å². The van der Waals surface area contributed by atoms with E-state index in [2.05, 4.69) is 9.71 Å². The molecule has 0 saturated heterocycles. The minimum atomic E-state index is -3.38. The Morgan fingerprint density at radius 1 is 1.37 bits per heavy atom. The van der Waals surface area contributed by atoms with Gasteiger partial charge in [0.2, 0.25) is 0 Å². The van der Waals surface area contributed by atoms with Crippen molar-refractivity contribution in [3.8, 4) is 0 Å². The summed E-state index contributed by atoms with van der Waals surface area (Å²) in [5.74, 6) is 0. The van der Waals surface area contributed by atoms with Crippen molar-refractivity contribution in [3.63, 3.8) is 0 Å². The van der Waals surface area contributed by atoms with Gasteiger partial charge in [-0.15, -0.1) is 0 Å². The van der Waals surface area contributed by atoms with E-state index in [1.165, 1.54) is 14.1 Å². The molecule has 0 fully saturated rings. The van der Waals surface area contributed by atoms with Gasteiger partial charge < -0.3 is 4.40 Å². The molecule has 0 unspecified atom stereocenters. The number of fused-ring (bicyclic) bond motifs is 1. The molecule has 2 heterocycles. The Morgan fingerprint density at radius 3 is 2.79 bits per heavy atom. The van der Waals surface area contributed by atoms with E-state index in [-0.39, 0.29) is 0 Å². The van der Waals surface area contributed by atoms with Crippen molar-refractivity contribution >= 4 is 27.5 Å². The third kappa shape index (κ3) is 3.44. The molecule has 0 spiro atoms. The van der Waals surface area contributed by atoms with Gasteiger partial charge in [-0.3, -0.25) is 0 Å². The van der Waals surface area contributed by atoms with Gasteiger partial charge in [0.05, 0.1) is 10.7 Å². The number of hydrogen-bond acceptors (Lipinski definition) is 3. The van der Waals surface area contributed by atoms with Gasteiger partial charge in [0.1, 0.15) is 5.65 Å². The largest absolute Gasteiger partial charge is 0.305 e. The van der Waals surface area contributed by atoms with Gasteiger partial charge in [-0.1, -0.05) is 11.6 Å². The number of hydrogen-bond donors (Lipinski definition) is 1. The van der Waals surface area contributed by atoms with E-state index < -0.39 is 10.2 Å². The van der Waals surface area contributed by atoms with E-state index >= 15 is 0 Å². The molecule has 1 N–H and O–H groups in total. The van der Waals surface area contributed by atoms with Gasteiger partial charge in [-0.05, 0) is 12.1 Å². The Bertz CT molecular complexity index is 681. The van der Waals surface area contributed by atoms with Crippen molar-refractivity contribution in [2.45, 2.75) is 6.42 Å². The minimum Gasteiger partial charge on any atom is -0.305 e. The zero-order valence-electron chi connectivity index (χ0n) is 10.7. The van der Waals surface area contributed by atoms with E-state index in [1.54, 1.807) is 12.3 Å². The zero-order valence-corrected chi connectivity index (χ0v) is 12.2. The van der Waals surface area contributed by atoms with Crippen LogP contribution < -0.4 is 4.72 Å². The van der Waals surface area contributed by atoms with Gasteiger partial charge in [-0.25, -0.2) is 9.71 Å². The van der Waals surface area contributed by atoms with Gasteiger partial charge in [0.25, 0.3) is 10.2 Å². The average molecular weight is 303 g/mol. The average Bonchev–Trinajstić information content (AvgIpc) is 2.70. The number of imidazole rings is 1. The molecule has 2 aromatic rings. The standard InChI is InChI=1S/C11H15ClN4O2S/c1-15(2)19(17,18)13-6-5-10-8-16-7-9(12)3-4-11(16)14-10/h3-4,7-8,13H,5-6H2,1-2H3. The topological polar surface area (TPSA) is 66.7 Å². The molecule has 0 aromatic carbocycles. The Kier molecular flexibility index (Phi) is 4.10. The monoisotopic (exact) mass is 302 g/mol. The molecule has 0 amide bonds. The Balaban J connectivity index is 2.03. The van der Waals surface area contributed by atoms with Crippen molar-refractivity contribution in [2.75, 3.05) is 20.6 Å². The van der Waals surface area contributed by atoms with Crippen LogP contribution in [-0.4, -0.2) is 42.7 Å². The van der Waals surface area contributed by atoms with Gasteiger partial charge in [0, 0.05) is 39.5 Å². The lowest BCUT2D eigenvalue weighted by atomic mass is 10.3. The lowest BCUT2D eigenvalue weighted by molar-refractivity contribution is 0.505. The van der Waals surface area contributed by atoms with E-state index in [9.17, 15) is 8.42 Å². The molecule has 0 aliphatic heterocycles. The fourth-order valence-electron chi connectivity index (χ4n) is 1.57.